The second-order valence-electron chi connectivity index (χ2n) is 5.63. The summed E-state index contributed by atoms with van der Waals surface area (Å²) in [6.07, 6.45) is 1.67. The van der Waals surface area contributed by atoms with E-state index >= 15 is 0 Å². The van der Waals surface area contributed by atoms with E-state index < -0.39 is 5.97 Å². The van der Waals surface area contributed by atoms with E-state index in [2.05, 4.69) is 0 Å². The molecule has 0 saturated carbocycles. The number of benzene rings is 2. The number of fused-ring (bicyclic) bond motifs is 1. The average molecular weight is 383 g/mol. The highest BCUT2D eigenvalue weighted by Crippen LogP contribution is 2.41. The van der Waals surface area contributed by atoms with Crippen LogP contribution < -0.4 is 0 Å². The number of carboxylic acid groups (broad SMARTS) is 1. The second kappa shape index (κ2) is 6.52. The summed E-state index contributed by atoms with van der Waals surface area (Å²) in [5.74, 6) is -0.245. The number of hydrogen-bond donors (Lipinski definition) is 1. The fourth-order valence-corrected chi connectivity index (χ4v) is 3.95. The molecule has 6 heteroatoms. The van der Waals surface area contributed by atoms with Crippen LogP contribution in [-0.2, 0) is 0 Å². The molecular formula is C20H11ClO4S. The van der Waals surface area contributed by atoms with Gasteiger partial charge in [-0.3, -0.25) is 4.79 Å². The molecule has 3 aromatic rings. The van der Waals surface area contributed by atoms with Gasteiger partial charge in [0.25, 0.3) is 0 Å². The summed E-state index contributed by atoms with van der Waals surface area (Å²) >= 11 is 7.28. The van der Waals surface area contributed by atoms with Gasteiger partial charge in [-0.05, 0) is 48.5 Å². The van der Waals surface area contributed by atoms with E-state index in [1.807, 2.05) is 18.2 Å². The molecule has 0 spiro atoms. The molecule has 0 aliphatic carbocycles. The van der Waals surface area contributed by atoms with Crippen LogP contribution in [0.5, 0.6) is 0 Å². The molecule has 1 aliphatic heterocycles. The number of hydrogen-bond acceptors (Lipinski definition) is 4. The van der Waals surface area contributed by atoms with Crippen molar-refractivity contribution in [2.45, 2.75) is 4.90 Å². The van der Waals surface area contributed by atoms with E-state index in [0.29, 0.717) is 32.6 Å². The van der Waals surface area contributed by atoms with Crippen LogP contribution in [0, 0.1) is 0 Å². The summed E-state index contributed by atoms with van der Waals surface area (Å²) < 4.78 is 5.76. The maximum Gasteiger partial charge on any atom is 0.336 e. The van der Waals surface area contributed by atoms with Gasteiger partial charge in [0.2, 0.25) is 5.78 Å². The average Bonchev–Trinajstić information content (AvgIpc) is 3.21. The fraction of sp³-hybridized carbons (Fsp3) is 0. The maximum absolute atomic E-state index is 12.4. The zero-order valence-corrected chi connectivity index (χ0v) is 14.8. The number of carbonyl (C=O) groups excluding carboxylic acids is 1. The van der Waals surface area contributed by atoms with Crippen molar-refractivity contribution in [2.75, 3.05) is 0 Å². The monoisotopic (exact) mass is 382 g/mol. The van der Waals surface area contributed by atoms with E-state index in [9.17, 15) is 14.7 Å². The minimum atomic E-state index is -1.09. The van der Waals surface area contributed by atoms with Crippen LogP contribution >= 0.6 is 23.4 Å². The Balaban J connectivity index is 1.69. The number of halogens is 1. The minimum Gasteiger partial charge on any atom is -0.478 e. The van der Waals surface area contributed by atoms with Crippen molar-refractivity contribution in [2.24, 2.45) is 0 Å². The van der Waals surface area contributed by atoms with Gasteiger partial charge in [0.1, 0.15) is 11.5 Å². The third-order valence-corrected chi connectivity index (χ3v) is 5.29. The van der Waals surface area contributed by atoms with Gasteiger partial charge in [-0.15, -0.1) is 0 Å². The molecule has 0 radical (unpaired) electrons. The zero-order chi connectivity index (χ0) is 18.3. The third-order valence-electron chi connectivity index (χ3n) is 3.95. The van der Waals surface area contributed by atoms with E-state index in [1.54, 1.807) is 36.4 Å². The number of allylic oxidation sites excluding steroid dienone is 1. The number of furan rings is 1. The molecule has 4 nitrogen and oxygen atoms in total. The zero-order valence-electron chi connectivity index (χ0n) is 13.2. The molecule has 0 saturated heterocycles. The lowest BCUT2D eigenvalue weighted by atomic mass is 10.1. The maximum atomic E-state index is 12.4. The smallest absolute Gasteiger partial charge is 0.336 e. The number of carboxylic acids is 1. The lowest BCUT2D eigenvalue weighted by Crippen LogP contribution is -1.98. The first-order valence-corrected chi connectivity index (χ1v) is 8.89. The van der Waals surface area contributed by atoms with Gasteiger partial charge >= 0.3 is 5.97 Å². The van der Waals surface area contributed by atoms with Gasteiger partial charge in [-0.1, -0.05) is 35.5 Å². The van der Waals surface area contributed by atoms with E-state index in [0.717, 1.165) is 4.90 Å². The van der Waals surface area contributed by atoms with Crippen molar-refractivity contribution in [3.8, 4) is 11.3 Å². The normalized spacial score (nSPS) is 14.7. The predicted molar refractivity (Wildman–Crippen MR) is 101 cm³/mol. The van der Waals surface area contributed by atoms with Crippen molar-refractivity contribution in [1.29, 1.82) is 0 Å². The first kappa shape index (κ1) is 16.7. The van der Waals surface area contributed by atoms with Crippen molar-refractivity contribution in [3.05, 3.63) is 81.4 Å². The molecule has 2 heterocycles. The van der Waals surface area contributed by atoms with Crippen LogP contribution in [0.4, 0.5) is 0 Å². The summed E-state index contributed by atoms with van der Waals surface area (Å²) in [5.41, 5.74) is 1.17. The SMILES string of the molecule is O=C1C(=Cc2ccc(-c3ccc(Cl)cc3C(=O)O)o2)Sc2ccccc21. The van der Waals surface area contributed by atoms with Gasteiger partial charge in [0.15, 0.2) is 0 Å². The van der Waals surface area contributed by atoms with Crippen LogP contribution in [0.3, 0.4) is 0 Å². The second-order valence-corrected chi connectivity index (χ2v) is 7.15. The summed E-state index contributed by atoms with van der Waals surface area (Å²) in [6, 6.07) is 15.4. The first-order chi connectivity index (χ1) is 12.5. The molecule has 0 atom stereocenters. The lowest BCUT2D eigenvalue weighted by Gasteiger charge is -2.03. The Labute approximate surface area is 158 Å². The minimum absolute atomic E-state index is 0.0405. The molecular weight excluding hydrogens is 372 g/mol. The standard InChI is InChI=1S/C20H11ClO4S/c21-11-5-7-13(15(9-11)20(23)24)16-8-6-12(25-16)10-18-19(22)14-3-1-2-4-17(14)26-18/h1-10H,(H,23,24). The predicted octanol–water partition coefficient (Wildman–Crippen LogP) is 5.63. The van der Waals surface area contributed by atoms with Crippen molar-refractivity contribution >= 4 is 41.2 Å². The van der Waals surface area contributed by atoms with Crippen LogP contribution in [-0.4, -0.2) is 16.9 Å². The highest BCUT2D eigenvalue weighted by atomic mass is 35.5. The number of Topliss-reactive ketones (excluding diaryl/α,β-unsaturated/α-hetero) is 1. The molecule has 1 N–H and O–H groups in total. The van der Waals surface area contributed by atoms with E-state index in [1.165, 1.54) is 17.8 Å². The van der Waals surface area contributed by atoms with Crippen molar-refractivity contribution < 1.29 is 19.1 Å². The number of ketones is 1. The Hall–Kier alpha value is -2.76. The van der Waals surface area contributed by atoms with Crippen LogP contribution in [0.25, 0.3) is 17.4 Å². The van der Waals surface area contributed by atoms with Crippen LogP contribution in [0.15, 0.2) is 68.8 Å². The molecule has 4 rings (SSSR count). The summed E-state index contributed by atoms with van der Waals surface area (Å²) in [4.78, 5) is 25.4. The third kappa shape index (κ3) is 2.96. The summed E-state index contributed by atoms with van der Waals surface area (Å²) in [5, 5.41) is 9.70. The lowest BCUT2D eigenvalue weighted by molar-refractivity contribution is 0.0697. The number of thioether (sulfide) groups is 1. The molecule has 0 fully saturated rings. The van der Waals surface area contributed by atoms with Gasteiger partial charge < -0.3 is 9.52 Å². The molecule has 26 heavy (non-hydrogen) atoms. The van der Waals surface area contributed by atoms with Gasteiger partial charge in [0.05, 0.1) is 10.5 Å². The molecule has 0 bridgehead atoms. The Bertz CT molecular complexity index is 1080. The topological polar surface area (TPSA) is 67.5 Å². The van der Waals surface area contributed by atoms with Gasteiger partial charge in [-0.25, -0.2) is 4.79 Å². The van der Waals surface area contributed by atoms with Gasteiger partial charge in [-0.2, -0.15) is 0 Å². The molecule has 1 aromatic heterocycles. The summed E-state index contributed by atoms with van der Waals surface area (Å²) in [7, 11) is 0. The first-order valence-electron chi connectivity index (χ1n) is 7.69. The largest absolute Gasteiger partial charge is 0.478 e. The Kier molecular flexibility index (Phi) is 4.18. The highest BCUT2D eigenvalue weighted by Gasteiger charge is 2.25. The number of aromatic carboxylic acids is 1. The quantitative estimate of drug-likeness (QED) is 0.595. The van der Waals surface area contributed by atoms with E-state index in [-0.39, 0.29) is 11.3 Å². The van der Waals surface area contributed by atoms with E-state index in [4.69, 9.17) is 16.0 Å². The van der Waals surface area contributed by atoms with Gasteiger partial charge in [0, 0.05) is 21.0 Å². The van der Waals surface area contributed by atoms with Crippen molar-refractivity contribution in [3.63, 3.8) is 0 Å². The Morgan fingerprint density at radius 1 is 1.08 bits per heavy atom. The summed E-state index contributed by atoms with van der Waals surface area (Å²) in [6.45, 7) is 0. The van der Waals surface area contributed by atoms with Crippen LogP contribution in [0.1, 0.15) is 26.5 Å². The number of rotatable bonds is 3. The Morgan fingerprint density at radius 2 is 1.88 bits per heavy atom. The molecule has 1 aliphatic rings. The van der Waals surface area contributed by atoms with Crippen LogP contribution in [0.2, 0.25) is 5.02 Å². The highest BCUT2D eigenvalue weighted by molar-refractivity contribution is 8.04. The molecule has 0 amide bonds. The molecule has 128 valence electrons. The number of carbonyl (C=O) groups is 2. The molecule has 0 unspecified atom stereocenters. The van der Waals surface area contributed by atoms with Crippen molar-refractivity contribution in [1.82, 2.24) is 0 Å². The molecule has 2 aromatic carbocycles. The fourth-order valence-electron chi connectivity index (χ4n) is 2.75. The Morgan fingerprint density at radius 3 is 2.65 bits per heavy atom.